The molecular formula is C25H33N5O4S2. The van der Waals surface area contributed by atoms with Gasteiger partial charge in [-0.05, 0) is 45.4 Å². The number of hydrogen-bond acceptors (Lipinski definition) is 8. The summed E-state index contributed by atoms with van der Waals surface area (Å²) in [5, 5.41) is 6.16. The fourth-order valence-electron chi connectivity index (χ4n) is 4.08. The molecular weight excluding hydrogens is 498 g/mol. The van der Waals surface area contributed by atoms with Crippen LogP contribution < -0.4 is 10.6 Å². The molecule has 2 aliphatic rings. The molecule has 11 heteroatoms. The highest BCUT2D eigenvalue weighted by Crippen LogP contribution is 2.35. The maximum atomic E-state index is 12.7. The Kier molecular flexibility index (Phi) is 10.1. The van der Waals surface area contributed by atoms with E-state index in [4.69, 9.17) is 0 Å². The number of thioether (sulfide) groups is 2. The lowest BCUT2D eigenvalue weighted by Crippen LogP contribution is -2.33. The third kappa shape index (κ3) is 6.76. The van der Waals surface area contributed by atoms with Crippen molar-refractivity contribution in [2.24, 2.45) is 15.9 Å². The van der Waals surface area contributed by atoms with Gasteiger partial charge in [-0.3, -0.25) is 34.1 Å². The molecule has 2 aliphatic heterocycles. The SMILES string of the molecule is CCN=C1S[C@H](CC(=O)Nc2cccc(NC(=O)C[C@@H]3SC(=NCC)N(CC)C3=O)c2)C(=O)C1CC. The number of aliphatic imine (C=N–C) groups is 2. The number of nitrogens with zero attached hydrogens (tertiary/aromatic N) is 3. The Labute approximate surface area is 220 Å². The van der Waals surface area contributed by atoms with Crippen molar-refractivity contribution < 1.29 is 19.2 Å². The molecule has 0 spiro atoms. The minimum Gasteiger partial charge on any atom is -0.326 e. The molecule has 2 heterocycles. The van der Waals surface area contributed by atoms with Gasteiger partial charge in [-0.1, -0.05) is 36.5 Å². The van der Waals surface area contributed by atoms with E-state index in [0.29, 0.717) is 42.6 Å². The lowest BCUT2D eigenvalue weighted by molar-refractivity contribution is -0.128. The lowest BCUT2D eigenvalue weighted by Gasteiger charge is -2.13. The quantitative estimate of drug-likeness (QED) is 0.474. The number of carbonyl (C=O) groups is 4. The van der Waals surface area contributed by atoms with Gasteiger partial charge in [0.2, 0.25) is 17.7 Å². The Balaban J connectivity index is 1.56. The number of carbonyl (C=O) groups excluding carboxylic acids is 4. The number of anilines is 2. The highest BCUT2D eigenvalue weighted by Gasteiger charge is 2.40. The van der Waals surface area contributed by atoms with Gasteiger partial charge in [0.1, 0.15) is 5.25 Å². The largest absolute Gasteiger partial charge is 0.326 e. The first-order valence-corrected chi connectivity index (χ1v) is 14.0. The van der Waals surface area contributed by atoms with Crippen LogP contribution >= 0.6 is 23.5 Å². The first-order valence-electron chi connectivity index (χ1n) is 12.3. The van der Waals surface area contributed by atoms with Crippen molar-refractivity contribution in [3.63, 3.8) is 0 Å². The second kappa shape index (κ2) is 13.0. The first kappa shape index (κ1) is 27.9. The van der Waals surface area contributed by atoms with E-state index < -0.39 is 10.5 Å². The van der Waals surface area contributed by atoms with Crippen LogP contribution in [0.15, 0.2) is 34.3 Å². The van der Waals surface area contributed by atoms with Crippen LogP contribution in [0, 0.1) is 5.92 Å². The summed E-state index contributed by atoms with van der Waals surface area (Å²) in [6.45, 7) is 9.37. The normalized spacial score (nSPS) is 24.1. The molecule has 2 N–H and O–H groups in total. The van der Waals surface area contributed by atoms with E-state index in [1.165, 1.54) is 23.5 Å². The Hall–Kier alpha value is -2.66. The third-order valence-corrected chi connectivity index (χ3v) is 8.30. The predicted octanol–water partition coefficient (Wildman–Crippen LogP) is 3.81. The summed E-state index contributed by atoms with van der Waals surface area (Å²) in [6.07, 6.45) is 0.773. The van der Waals surface area contributed by atoms with Gasteiger partial charge in [0.15, 0.2) is 11.0 Å². The van der Waals surface area contributed by atoms with Crippen molar-refractivity contribution in [3.05, 3.63) is 24.3 Å². The second-order valence-corrected chi connectivity index (χ2v) is 10.7. The summed E-state index contributed by atoms with van der Waals surface area (Å²) < 4.78 is 0. The molecule has 3 amide bonds. The Morgan fingerprint density at radius 3 is 2.08 bits per heavy atom. The number of Topliss-reactive ketones (excluding diaryl/α,β-unsaturated/α-hetero) is 1. The molecule has 2 fully saturated rings. The van der Waals surface area contributed by atoms with Crippen molar-refractivity contribution in [1.82, 2.24) is 4.90 Å². The van der Waals surface area contributed by atoms with Gasteiger partial charge in [-0.25, -0.2) is 0 Å². The summed E-state index contributed by atoms with van der Waals surface area (Å²) in [6, 6.07) is 6.82. The van der Waals surface area contributed by atoms with Crippen LogP contribution in [0.3, 0.4) is 0 Å². The van der Waals surface area contributed by atoms with Crippen molar-refractivity contribution in [2.45, 2.75) is 57.5 Å². The molecule has 3 rings (SSSR count). The van der Waals surface area contributed by atoms with Gasteiger partial charge in [0.05, 0.1) is 16.2 Å². The molecule has 0 saturated carbocycles. The molecule has 1 unspecified atom stereocenters. The monoisotopic (exact) mass is 531 g/mol. The Morgan fingerprint density at radius 2 is 1.53 bits per heavy atom. The van der Waals surface area contributed by atoms with E-state index in [1.54, 1.807) is 29.2 Å². The molecule has 194 valence electrons. The summed E-state index contributed by atoms with van der Waals surface area (Å²) in [5.74, 6) is -0.835. The number of hydrogen-bond donors (Lipinski definition) is 2. The van der Waals surface area contributed by atoms with E-state index >= 15 is 0 Å². The first-order chi connectivity index (χ1) is 17.3. The zero-order valence-electron chi connectivity index (χ0n) is 21.1. The standard InChI is InChI=1S/C25H33N5O4S2/c1-5-17-22(33)18(35-23(17)26-6-2)13-20(31)28-15-10-9-11-16(12-15)29-21(32)14-19-24(34)30(8-4)25(36-19)27-7-3/h9-12,17-19H,5-8,13-14H2,1-4H3,(H,28,31)(H,29,32)/t17?,18-,19+/m1/s1. The smallest absolute Gasteiger partial charge is 0.242 e. The molecule has 0 radical (unpaired) electrons. The van der Waals surface area contributed by atoms with Crippen molar-refractivity contribution in [3.8, 4) is 0 Å². The third-order valence-electron chi connectivity index (χ3n) is 5.75. The van der Waals surface area contributed by atoms with Gasteiger partial charge in [0, 0.05) is 43.9 Å². The molecule has 0 aromatic heterocycles. The summed E-state index contributed by atoms with van der Waals surface area (Å²) in [7, 11) is 0. The number of benzene rings is 1. The summed E-state index contributed by atoms with van der Waals surface area (Å²) in [5.41, 5.74) is 1.03. The molecule has 1 aromatic rings. The van der Waals surface area contributed by atoms with E-state index in [-0.39, 0.29) is 42.3 Å². The molecule has 0 bridgehead atoms. The fraction of sp³-hybridized carbons (Fsp3) is 0.520. The minimum atomic E-state index is -0.507. The van der Waals surface area contributed by atoms with Crippen LogP contribution in [0.25, 0.3) is 0 Å². The van der Waals surface area contributed by atoms with Gasteiger partial charge >= 0.3 is 0 Å². The van der Waals surface area contributed by atoms with Crippen molar-refractivity contribution >= 4 is 68.6 Å². The lowest BCUT2D eigenvalue weighted by atomic mass is 9.98. The van der Waals surface area contributed by atoms with Gasteiger partial charge in [-0.2, -0.15) is 0 Å². The zero-order valence-corrected chi connectivity index (χ0v) is 22.7. The van der Waals surface area contributed by atoms with Gasteiger partial charge < -0.3 is 10.6 Å². The molecule has 0 aliphatic carbocycles. The highest BCUT2D eigenvalue weighted by atomic mass is 32.2. The van der Waals surface area contributed by atoms with E-state index in [2.05, 4.69) is 20.6 Å². The average molecular weight is 532 g/mol. The van der Waals surface area contributed by atoms with Crippen LogP contribution in [-0.4, -0.2) is 68.8 Å². The summed E-state index contributed by atoms with van der Waals surface area (Å²) >= 11 is 2.70. The fourth-order valence-corrected chi connectivity index (χ4v) is 6.80. The topological polar surface area (TPSA) is 120 Å². The second-order valence-electron chi connectivity index (χ2n) is 8.31. The molecule has 3 atom stereocenters. The number of ketones is 1. The number of amides is 3. The maximum absolute atomic E-state index is 12.7. The summed E-state index contributed by atoms with van der Waals surface area (Å²) in [4.78, 5) is 61.0. The molecule has 9 nitrogen and oxygen atoms in total. The molecule has 1 aromatic carbocycles. The Bertz CT molecular complexity index is 995. The van der Waals surface area contributed by atoms with E-state index in [9.17, 15) is 19.2 Å². The van der Waals surface area contributed by atoms with Crippen LogP contribution in [0.1, 0.15) is 47.0 Å². The highest BCUT2D eigenvalue weighted by molar-refractivity contribution is 8.16. The van der Waals surface area contributed by atoms with Gasteiger partial charge in [-0.15, -0.1) is 0 Å². The van der Waals surface area contributed by atoms with E-state index in [1.807, 2.05) is 27.7 Å². The number of rotatable bonds is 10. The van der Waals surface area contributed by atoms with Crippen LogP contribution in [0.5, 0.6) is 0 Å². The Morgan fingerprint density at radius 1 is 0.917 bits per heavy atom. The van der Waals surface area contributed by atoms with Crippen LogP contribution in [0.2, 0.25) is 0 Å². The zero-order chi connectivity index (χ0) is 26.2. The van der Waals surface area contributed by atoms with Crippen LogP contribution in [0.4, 0.5) is 11.4 Å². The molecule has 2 saturated heterocycles. The van der Waals surface area contributed by atoms with E-state index in [0.717, 1.165) is 5.04 Å². The minimum absolute atomic E-state index is 0.0284. The maximum Gasteiger partial charge on any atom is 0.242 e. The number of nitrogens with one attached hydrogen (secondary N) is 2. The average Bonchev–Trinajstić information content (AvgIpc) is 3.29. The molecule has 36 heavy (non-hydrogen) atoms. The number of amidine groups is 1. The van der Waals surface area contributed by atoms with Crippen LogP contribution in [-0.2, 0) is 19.2 Å². The van der Waals surface area contributed by atoms with Crippen molar-refractivity contribution in [1.29, 1.82) is 0 Å². The predicted molar refractivity (Wildman–Crippen MR) is 148 cm³/mol. The van der Waals surface area contributed by atoms with Crippen molar-refractivity contribution in [2.75, 3.05) is 30.3 Å². The van der Waals surface area contributed by atoms with Gasteiger partial charge in [0.25, 0.3) is 0 Å².